The molecule has 1 saturated heterocycles. The van der Waals surface area contributed by atoms with Gasteiger partial charge < -0.3 is 29.9 Å². The van der Waals surface area contributed by atoms with Gasteiger partial charge in [-0.3, -0.25) is 4.72 Å². The standard InChI is InChI=1S/C13H19NO8S/c1-23(19,20)14-7-2-4-8(5-3-7)21-13-12(18)11(17)10(16)9(6-15)22-13/h2-5,9-18H,6H2,1H3/t9-,10-,11+,12-,13+/m1/s1. The first-order chi connectivity index (χ1) is 10.7. The summed E-state index contributed by atoms with van der Waals surface area (Å²) >= 11 is 0. The zero-order valence-corrected chi connectivity index (χ0v) is 13.0. The second-order valence-electron chi connectivity index (χ2n) is 5.21. The molecule has 1 heterocycles. The van der Waals surface area contributed by atoms with Crippen LogP contribution >= 0.6 is 0 Å². The Labute approximate surface area is 133 Å². The van der Waals surface area contributed by atoms with Crippen LogP contribution in [0.1, 0.15) is 0 Å². The van der Waals surface area contributed by atoms with Crippen LogP contribution in [-0.2, 0) is 14.8 Å². The number of anilines is 1. The van der Waals surface area contributed by atoms with Gasteiger partial charge in [-0.25, -0.2) is 8.42 Å². The first-order valence-corrected chi connectivity index (χ1v) is 8.65. The molecular weight excluding hydrogens is 330 g/mol. The monoisotopic (exact) mass is 349 g/mol. The second kappa shape index (κ2) is 6.99. The van der Waals surface area contributed by atoms with E-state index in [1.54, 1.807) is 0 Å². The summed E-state index contributed by atoms with van der Waals surface area (Å²) in [5, 5.41) is 38.3. The average molecular weight is 349 g/mol. The third-order valence-corrected chi connectivity index (χ3v) is 3.86. The van der Waals surface area contributed by atoms with Crippen LogP contribution in [-0.4, -0.2) is 72.4 Å². The number of aliphatic hydroxyl groups excluding tert-OH is 4. The van der Waals surface area contributed by atoms with Crippen molar-refractivity contribution in [3.8, 4) is 5.75 Å². The molecule has 1 aromatic carbocycles. The lowest BCUT2D eigenvalue weighted by molar-refractivity contribution is -0.277. The van der Waals surface area contributed by atoms with Gasteiger partial charge >= 0.3 is 0 Å². The molecule has 9 nitrogen and oxygen atoms in total. The maximum Gasteiger partial charge on any atom is 0.229 e. The Balaban J connectivity index is 2.06. The lowest BCUT2D eigenvalue weighted by Crippen LogP contribution is -2.60. The van der Waals surface area contributed by atoms with Gasteiger partial charge in [-0.2, -0.15) is 0 Å². The summed E-state index contributed by atoms with van der Waals surface area (Å²) in [6.07, 6.45) is -5.84. The van der Waals surface area contributed by atoms with Crippen LogP contribution in [0.25, 0.3) is 0 Å². The fourth-order valence-electron chi connectivity index (χ4n) is 2.11. The summed E-state index contributed by atoms with van der Waals surface area (Å²) in [5.74, 6) is 0.244. The van der Waals surface area contributed by atoms with Gasteiger partial charge in [-0.05, 0) is 24.3 Å². The zero-order valence-electron chi connectivity index (χ0n) is 12.2. The fraction of sp³-hybridized carbons (Fsp3) is 0.538. The van der Waals surface area contributed by atoms with Crippen molar-refractivity contribution in [1.29, 1.82) is 0 Å². The third-order valence-electron chi connectivity index (χ3n) is 3.26. The topological polar surface area (TPSA) is 146 Å². The quantitative estimate of drug-likeness (QED) is 0.420. The average Bonchev–Trinajstić information content (AvgIpc) is 2.48. The molecule has 2 rings (SSSR count). The van der Waals surface area contributed by atoms with Crippen LogP contribution < -0.4 is 9.46 Å². The van der Waals surface area contributed by atoms with Crippen LogP contribution in [0.4, 0.5) is 5.69 Å². The van der Waals surface area contributed by atoms with Crippen molar-refractivity contribution in [2.75, 3.05) is 17.6 Å². The summed E-state index contributed by atoms with van der Waals surface area (Å²) in [5.41, 5.74) is 0.327. The van der Waals surface area contributed by atoms with E-state index in [4.69, 9.17) is 14.6 Å². The fourth-order valence-corrected chi connectivity index (χ4v) is 2.68. The van der Waals surface area contributed by atoms with E-state index in [0.717, 1.165) is 6.26 Å². The molecule has 0 bridgehead atoms. The van der Waals surface area contributed by atoms with Gasteiger partial charge in [0, 0.05) is 5.69 Å². The molecule has 1 aliphatic rings. The minimum absolute atomic E-state index is 0.244. The molecule has 0 unspecified atom stereocenters. The molecule has 0 saturated carbocycles. The molecule has 1 aromatic rings. The third kappa shape index (κ3) is 4.53. The number of rotatable bonds is 5. The Morgan fingerprint density at radius 2 is 1.74 bits per heavy atom. The molecular formula is C13H19NO8S. The van der Waals surface area contributed by atoms with E-state index in [1.165, 1.54) is 24.3 Å². The zero-order chi connectivity index (χ0) is 17.2. The molecule has 0 aliphatic carbocycles. The van der Waals surface area contributed by atoms with Crippen molar-refractivity contribution in [2.24, 2.45) is 0 Å². The minimum atomic E-state index is -3.39. The van der Waals surface area contributed by atoms with Gasteiger partial charge in [0.1, 0.15) is 30.2 Å². The largest absolute Gasteiger partial charge is 0.462 e. The van der Waals surface area contributed by atoms with E-state index in [9.17, 15) is 23.7 Å². The Morgan fingerprint density at radius 3 is 2.26 bits per heavy atom. The molecule has 10 heteroatoms. The Bertz CT molecular complexity index is 617. The van der Waals surface area contributed by atoms with E-state index < -0.39 is 47.3 Å². The molecule has 5 N–H and O–H groups in total. The highest BCUT2D eigenvalue weighted by atomic mass is 32.2. The highest BCUT2D eigenvalue weighted by molar-refractivity contribution is 7.92. The highest BCUT2D eigenvalue weighted by Crippen LogP contribution is 2.25. The van der Waals surface area contributed by atoms with Crippen molar-refractivity contribution >= 4 is 15.7 Å². The molecule has 1 fully saturated rings. The number of aliphatic hydroxyl groups is 4. The van der Waals surface area contributed by atoms with E-state index >= 15 is 0 Å². The second-order valence-corrected chi connectivity index (χ2v) is 6.96. The number of nitrogens with one attached hydrogen (secondary N) is 1. The van der Waals surface area contributed by atoms with Gasteiger partial charge in [-0.1, -0.05) is 0 Å². The first-order valence-electron chi connectivity index (χ1n) is 6.76. The molecule has 0 radical (unpaired) electrons. The number of benzene rings is 1. The Kier molecular flexibility index (Phi) is 5.45. The van der Waals surface area contributed by atoms with E-state index in [2.05, 4.69) is 4.72 Å². The van der Waals surface area contributed by atoms with Crippen LogP contribution in [0.15, 0.2) is 24.3 Å². The lowest BCUT2D eigenvalue weighted by atomic mass is 9.99. The highest BCUT2D eigenvalue weighted by Gasteiger charge is 2.44. The molecule has 1 aliphatic heterocycles. The van der Waals surface area contributed by atoms with Crippen molar-refractivity contribution in [3.05, 3.63) is 24.3 Å². The van der Waals surface area contributed by atoms with E-state index in [-0.39, 0.29) is 5.75 Å². The normalized spacial score (nSPS) is 31.6. The molecule has 23 heavy (non-hydrogen) atoms. The molecule has 0 spiro atoms. The Hall–Kier alpha value is -1.43. The van der Waals surface area contributed by atoms with E-state index in [0.29, 0.717) is 5.69 Å². The minimum Gasteiger partial charge on any atom is -0.462 e. The summed E-state index contributed by atoms with van der Waals surface area (Å²) in [6, 6.07) is 5.77. The van der Waals surface area contributed by atoms with Crippen LogP contribution in [0, 0.1) is 0 Å². The van der Waals surface area contributed by atoms with Crippen molar-refractivity contribution in [1.82, 2.24) is 0 Å². The summed E-state index contributed by atoms with van der Waals surface area (Å²) in [4.78, 5) is 0. The maximum atomic E-state index is 11.1. The first kappa shape index (κ1) is 17.9. The van der Waals surface area contributed by atoms with Crippen molar-refractivity contribution < 1.29 is 38.3 Å². The molecule has 5 atom stereocenters. The SMILES string of the molecule is CS(=O)(=O)Nc1ccc(O[C@H]2O[C@H](CO)[C@@H](O)[C@H](O)[C@H]2O)cc1. The number of sulfonamides is 1. The predicted octanol–water partition coefficient (Wildman–Crippen LogP) is -1.76. The van der Waals surface area contributed by atoms with Crippen LogP contribution in [0.2, 0.25) is 0 Å². The van der Waals surface area contributed by atoms with Gasteiger partial charge in [-0.15, -0.1) is 0 Å². The molecule has 130 valence electrons. The van der Waals surface area contributed by atoms with E-state index in [1.807, 2.05) is 0 Å². The number of ether oxygens (including phenoxy) is 2. The molecule has 0 aromatic heterocycles. The van der Waals surface area contributed by atoms with Gasteiger partial charge in [0.15, 0.2) is 0 Å². The van der Waals surface area contributed by atoms with Gasteiger partial charge in [0.25, 0.3) is 0 Å². The summed E-state index contributed by atoms with van der Waals surface area (Å²) < 4.78 is 35.1. The van der Waals surface area contributed by atoms with Crippen LogP contribution in [0.5, 0.6) is 5.75 Å². The number of hydrogen-bond donors (Lipinski definition) is 5. The summed E-state index contributed by atoms with van der Waals surface area (Å²) in [6.45, 7) is -0.554. The predicted molar refractivity (Wildman–Crippen MR) is 79.3 cm³/mol. The van der Waals surface area contributed by atoms with Gasteiger partial charge in [0.05, 0.1) is 12.9 Å². The van der Waals surface area contributed by atoms with Crippen LogP contribution in [0.3, 0.4) is 0 Å². The van der Waals surface area contributed by atoms with Gasteiger partial charge in [0.2, 0.25) is 16.3 Å². The lowest BCUT2D eigenvalue weighted by Gasteiger charge is -2.39. The maximum absolute atomic E-state index is 11.1. The molecule has 0 amide bonds. The number of hydrogen-bond acceptors (Lipinski definition) is 8. The van der Waals surface area contributed by atoms with Crippen molar-refractivity contribution in [2.45, 2.75) is 30.7 Å². The smallest absolute Gasteiger partial charge is 0.229 e. The Morgan fingerprint density at radius 1 is 1.13 bits per heavy atom. The van der Waals surface area contributed by atoms with Crippen molar-refractivity contribution in [3.63, 3.8) is 0 Å². The summed E-state index contributed by atoms with van der Waals surface area (Å²) in [7, 11) is -3.39.